The number of hydrogen-bond donors (Lipinski definition) is 1. The van der Waals surface area contributed by atoms with E-state index in [9.17, 15) is 31.5 Å². The Labute approximate surface area is 157 Å². The molecule has 2 heterocycles. The minimum Gasteiger partial charge on any atom is -0.466 e. The van der Waals surface area contributed by atoms with Crippen molar-refractivity contribution in [3.63, 3.8) is 0 Å². The predicted octanol–water partition coefficient (Wildman–Crippen LogP) is 3.09. The van der Waals surface area contributed by atoms with Crippen molar-refractivity contribution in [3.8, 4) is 0 Å². The lowest BCUT2D eigenvalue weighted by molar-refractivity contribution is -0.137. The van der Waals surface area contributed by atoms with Gasteiger partial charge in [-0.25, -0.2) is 18.3 Å². The average molecular weight is 407 g/mol. The lowest BCUT2D eigenvalue weighted by Gasteiger charge is -2.33. The number of nitrogens with zero attached hydrogens (tertiary/aromatic N) is 2. The van der Waals surface area contributed by atoms with E-state index in [4.69, 9.17) is 0 Å². The van der Waals surface area contributed by atoms with Crippen molar-refractivity contribution in [3.05, 3.63) is 40.9 Å². The first kappa shape index (κ1) is 21.6. The third-order valence-corrected chi connectivity index (χ3v) is 3.97. The number of ether oxygens (including phenoxy) is 1. The van der Waals surface area contributed by atoms with Gasteiger partial charge in [0.05, 0.1) is 18.3 Å². The highest BCUT2D eigenvalue weighted by atomic mass is 19.4. The van der Waals surface area contributed by atoms with Crippen LogP contribution in [-0.4, -0.2) is 47.4 Å². The number of aromatic nitrogens is 2. The van der Waals surface area contributed by atoms with E-state index in [-0.39, 0.29) is 12.3 Å². The Morgan fingerprint density at radius 2 is 1.96 bits per heavy atom. The predicted molar refractivity (Wildman–Crippen MR) is 87.4 cm³/mol. The lowest BCUT2D eigenvalue weighted by Crippen LogP contribution is -2.48. The number of methoxy groups -OCH3 is 1. The van der Waals surface area contributed by atoms with Gasteiger partial charge < -0.3 is 10.1 Å². The van der Waals surface area contributed by atoms with Gasteiger partial charge in [0.1, 0.15) is 11.7 Å². The molecule has 1 aliphatic rings. The first-order valence-corrected chi connectivity index (χ1v) is 8.21. The van der Waals surface area contributed by atoms with E-state index >= 15 is 0 Å². The van der Waals surface area contributed by atoms with Crippen LogP contribution in [0.2, 0.25) is 0 Å². The molecule has 0 bridgehead atoms. The minimum atomic E-state index is -5.14. The van der Waals surface area contributed by atoms with E-state index in [0.29, 0.717) is 4.68 Å². The smallest absolute Gasteiger partial charge is 0.431 e. The zero-order chi connectivity index (χ0) is 21.2. The highest BCUT2D eigenvalue weighted by Gasteiger charge is 2.48. The van der Waals surface area contributed by atoms with E-state index in [1.807, 2.05) is 0 Å². The number of esters is 1. The molecule has 0 fully saturated rings. The van der Waals surface area contributed by atoms with Crippen LogP contribution in [0, 0.1) is 5.92 Å². The standard InChI is InChI=1S/C17H18F5N3O3/c1-8(2)7-9-10(16(27)28-3)12(14(18)19)24-13(17(20,21)22)11(9)15(26)25-6-4-5-23-25/h4-6,8,12,14,24H,7H2,1-3H3. The molecule has 2 rings (SSSR count). The quantitative estimate of drug-likeness (QED) is 0.600. The second-order valence-corrected chi connectivity index (χ2v) is 6.44. The topological polar surface area (TPSA) is 73.2 Å². The molecule has 1 unspecified atom stereocenters. The Hall–Kier alpha value is -2.72. The summed E-state index contributed by atoms with van der Waals surface area (Å²) in [6.45, 7) is 3.23. The zero-order valence-electron chi connectivity index (χ0n) is 15.2. The highest BCUT2D eigenvalue weighted by Crippen LogP contribution is 2.39. The Morgan fingerprint density at radius 3 is 2.39 bits per heavy atom. The summed E-state index contributed by atoms with van der Waals surface area (Å²) in [5.74, 6) is -2.78. The molecule has 1 aromatic heterocycles. The summed E-state index contributed by atoms with van der Waals surface area (Å²) in [5, 5.41) is 5.25. The number of carbonyl (C=O) groups is 2. The highest BCUT2D eigenvalue weighted by molar-refractivity contribution is 6.04. The van der Waals surface area contributed by atoms with Gasteiger partial charge in [-0.2, -0.15) is 18.3 Å². The van der Waals surface area contributed by atoms with Gasteiger partial charge in [0.2, 0.25) is 0 Å². The van der Waals surface area contributed by atoms with Gasteiger partial charge in [-0.1, -0.05) is 13.8 Å². The molecule has 0 saturated heterocycles. The van der Waals surface area contributed by atoms with Crippen LogP contribution in [0.3, 0.4) is 0 Å². The van der Waals surface area contributed by atoms with E-state index in [2.05, 4.69) is 9.84 Å². The molecule has 0 spiro atoms. The molecule has 0 amide bonds. The number of halogens is 5. The fraction of sp³-hybridized carbons (Fsp3) is 0.471. The molecule has 1 N–H and O–H groups in total. The van der Waals surface area contributed by atoms with Crippen LogP contribution in [0.25, 0.3) is 0 Å². The van der Waals surface area contributed by atoms with Gasteiger partial charge in [-0.05, 0) is 24.0 Å². The monoisotopic (exact) mass is 407 g/mol. The molecule has 28 heavy (non-hydrogen) atoms. The van der Waals surface area contributed by atoms with Gasteiger partial charge in [-0.15, -0.1) is 0 Å². The van der Waals surface area contributed by atoms with Crippen LogP contribution in [0.15, 0.2) is 40.9 Å². The first-order valence-electron chi connectivity index (χ1n) is 8.21. The van der Waals surface area contributed by atoms with Gasteiger partial charge in [0, 0.05) is 12.4 Å². The molecule has 0 aromatic carbocycles. The van der Waals surface area contributed by atoms with Crippen molar-refractivity contribution in [1.82, 2.24) is 15.1 Å². The van der Waals surface area contributed by atoms with Gasteiger partial charge in [0.15, 0.2) is 0 Å². The number of alkyl halides is 5. The summed E-state index contributed by atoms with van der Waals surface area (Å²) in [5.41, 5.74) is -3.70. The molecular weight excluding hydrogens is 389 g/mol. The Morgan fingerprint density at radius 1 is 1.32 bits per heavy atom. The number of hydrogen-bond acceptors (Lipinski definition) is 5. The minimum absolute atomic E-state index is 0.225. The molecule has 1 aromatic rings. The summed E-state index contributed by atoms with van der Waals surface area (Å²) in [7, 11) is 0.919. The van der Waals surface area contributed by atoms with Crippen LogP contribution in [0.4, 0.5) is 22.0 Å². The molecule has 154 valence electrons. The van der Waals surface area contributed by atoms with E-state index in [0.717, 1.165) is 13.3 Å². The van der Waals surface area contributed by atoms with Gasteiger partial charge in [-0.3, -0.25) is 4.79 Å². The average Bonchev–Trinajstić information content (AvgIpc) is 3.12. The number of allylic oxidation sites excluding steroid dienone is 3. The van der Waals surface area contributed by atoms with Crippen LogP contribution in [0.1, 0.15) is 25.1 Å². The fourth-order valence-electron chi connectivity index (χ4n) is 2.91. The zero-order valence-corrected chi connectivity index (χ0v) is 15.2. The first-order chi connectivity index (χ1) is 13.0. The normalized spacial score (nSPS) is 18.0. The van der Waals surface area contributed by atoms with Crippen LogP contribution in [0.5, 0.6) is 0 Å². The molecule has 0 saturated carbocycles. The summed E-state index contributed by atoms with van der Waals surface area (Å²) < 4.78 is 73.2. The summed E-state index contributed by atoms with van der Waals surface area (Å²) in [6, 6.07) is -0.955. The maximum absolute atomic E-state index is 13.7. The Balaban J connectivity index is 2.85. The SMILES string of the molecule is COC(=O)C1=C(CC(C)C)C(C(=O)n2cccn2)=C(C(F)(F)F)NC1C(F)F. The maximum atomic E-state index is 13.7. The fourth-order valence-corrected chi connectivity index (χ4v) is 2.91. The lowest BCUT2D eigenvalue weighted by atomic mass is 9.84. The van der Waals surface area contributed by atoms with Gasteiger partial charge in [0.25, 0.3) is 12.3 Å². The summed E-state index contributed by atoms with van der Waals surface area (Å²) in [6.07, 6.45) is -6.42. The van der Waals surface area contributed by atoms with E-state index in [1.54, 1.807) is 19.2 Å². The second kappa shape index (κ2) is 8.11. The van der Waals surface area contributed by atoms with Crippen molar-refractivity contribution in [2.45, 2.75) is 38.9 Å². The molecule has 1 atom stereocenters. The number of dihydropyridines is 1. The van der Waals surface area contributed by atoms with Crippen molar-refractivity contribution >= 4 is 11.9 Å². The molecule has 0 radical (unpaired) electrons. The molecule has 11 heteroatoms. The van der Waals surface area contributed by atoms with Crippen LogP contribution in [-0.2, 0) is 9.53 Å². The van der Waals surface area contributed by atoms with Crippen molar-refractivity contribution in [2.24, 2.45) is 5.92 Å². The van der Waals surface area contributed by atoms with E-state index < -0.39 is 52.9 Å². The Bertz CT molecular complexity index is 811. The summed E-state index contributed by atoms with van der Waals surface area (Å²) >= 11 is 0. The third-order valence-electron chi connectivity index (χ3n) is 3.97. The molecule has 0 aliphatic carbocycles. The number of carbonyl (C=O) groups excluding carboxylic acids is 2. The summed E-state index contributed by atoms with van der Waals surface area (Å²) in [4.78, 5) is 25.0. The van der Waals surface area contributed by atoms with Crippen LogP contribution < -0.4 is 5.32 Å². The second-order valence-electron chi connectivity index (χ2n) is 6.44. The third kappa shape index (κ3) is 4.23. The number of nitrogens with one attached hydrogen (secondary N) is 1. The van der Waals surface area contributed by atoms with Crippen molar-refractivity contribution in [1.29, 1.82) is 0 Å². The molecule has 6 nitrogen and oxygen atoms in total. The van der Waals surface area contributed by atoms with Crippen molar-refractivity contribution < 1.29 is 36.3 Å². The van der Waals surface area contributed by atoms with Crippen LogP contribution >= 0.6 is 0 Å². The largest absolute Gasteiger partial charge is 0.466 e. The maximum Gasteiger partial charge on any atom is 0.431 e. The molecule has 1 aliphatic heterocycles. The van der Waals surface area contributed by atoms with Gasteiger partial charge >= 0.3 is 12.1 Å². The Kier molecular flexibility index (Phi) is 6.25. The van der Waals surface area contributed by atoms with E-state index in [1.165, 1.54) is 12.3 Å². The molecular formula is C17H18F5N3O3. The number of rotatable bonds is 5. The van der Waals surface area contributed by atoms with Crippen molar-refractivity contribution in [2.75, 3.05) is 7.11 Å².